The summed E-state index contributed by atoms with van der Waals surface area (Å²) in [4.78, 5) is 20.9. The van der Waals surface area contributed by atoms with Gasteiger partial charge in [0, 0.05) is 39.3 Å². The van der Waals surface area contributed by atoms with E-state index in [1.165, 1.54) is 6.42 Å². The van der Waals surface area contributed by atoms with Crippen molar-refractivity contribution in [2.75, 3.05) is 33.2 Å². The Morgan fingerprint density at radius 3 is 2.36 bits per heavy atom. The first-order chi connectivity index (χ1) is 11.7. The fraction of sp³-hybridized carbons (Fsp3) is 0.895. The molecule has 2 fully saturated rings. The lowest BCUT2D eigenvalue weighted by molar-refractivity contribution is 0.0214. The highest BCUT2D eigenvalue weighted by atomic mass is 16.6. The van der Waals surface area contributed by atoms with Crippen LogP contribution in [0.5, 0.6) is 0 Å². The lowest BCUT2D eigenvalue weighted by atomic mass is 9.96. The zero-order chi connectivity index (χ0) is 18.6. The van der Waals surface area contributed by atoms with Crippen LogP contribution in [0.25, 0.3) is 0 Å². The summed E-state index contributed by atoms with van der Waals surface area (Å²) in [5.74, 6) is 2.33. The molecule has 6 heteroatoms. The summed E-state index contributed by atoms with van der Waals surface area (Å²) in [5.41, 5.74) is -0.439. The van der Waals surface area contributed by atoms with Crippen molar-refractivity contribution < 1.29 is 9.53 Å². The third-order valence-electron chi connectivity index (χ3n) is 5.06. The van der Waals surface area contributed by atoms with Crippen molar-refractivity contribution >= 4 is 12.1 Å². The fourth-order valence-corrected chi connectivity index (χ4v) is 3.28. The number of guanidine groups is 1. The second kappa shape index (κ2) is 8.28. The second-order valence-corrected chi connectivity index (χ2v) is 8.46. The highest BCUT2D eigenvalue weighted by molar-refractivity contribution is 5.80. The summed E-state index contributed by atoms with van der Waals surface area (Å²) in [6, 6.07) is 0.596. The second-order valence-electron chi connectivity index (χ2n) is 8.46. The van der Waals surface area contributed by atoms with E-state index in [1.54, 1.807) is 0 Å². The molecule has 0 spiro atoms. The number of rotatable bonds is 4. The van der Waals surface area contributed by atoms with Crippen LogP contribution in [0.1, 0.15) is 53.9 Å². The Balaban J connectivity index is 1.79. The largest absolute Gasteiger partial charge is 0.444 e. The van der Waals surface area contributed by atoms with Crippen LogP contribution in [0.3, 0.4) is 0 Å². The monoisotopic (exact) mass is 352 g/mol. The van der Waals surface area contributed by atoms with Crippen LogP contribution in [0.15, 0.2) is 4.99 Å². The molecular formula is C19H36N4O2. The van der Waals surface area contributed by atoms with E-state index in [0.717, 1.165) is 44.4 Å². The van der Waals surface area contributed by atoms with Gasteiger partial charge in [0.15, 0.2) is 5.96 Å². The number of nitrogens with one attached hydrogen (secondary N) is 1. The summed E-state index contributed by atoms with van der Waals surface area (Å²) in [5, 5.41) is 3.56. The Morgan fingerprint density at radius 1 is 1.32 bits per heavy atom. The lowest BCUT2D eigenvalue weighted by Crippen LogP contribution is -2.48. The van der Waals surface area contributed by atoms with Crippen LogP contribution >= 0.6 is 0 Å². The van der Waals surface area contributed by atoms with Crippen LogP contribution in [0.4, 0.5) is 4.79 Å². The number of ether oxygens (including phenoxy) is 1. The van der Waals surface area contributed by atoms with Crippen molar-refractivity contribution in [3.8, 4) is 0 Å². The van der Waals surface area contributed by atoms with Gasteiger partial charge < -0.3 is 19.9 Å². The SMILES string of the molecule is CCN(CC1CCN(C(=NC)NC2CC2C)CC1)C(=O)OC(C)(C)C. The molecule has 1 aliphatic carbocycles. The van der Waals surface area contributed by atoms with E-state index >= 15 is 0 Å². The number of piperidine rings is 1. The van der Waals surface area contributed by atoms with Gasteiger partial charge in [-0.15, -0.1) is 0 Å². The van der Waals surface area contributed by atoms with Gasteiger partial charge in [0.1, 0.15) is 5.60 Å². The first-order valence-electron chi connectivity index (χ1n) is 9.69. The third-order valence-corrected chi connectivity index (χ3v) is 5.06. The van der Waals surface area contributed by atoms with Gasteiger partial charge in [-0.2, -0.15) is 0 Å². The molecule has 1 aliphatic heterocycles. The molecule has 25 heavy (non-hydrogen) atoms. The molecule has 0 bridgehead atoms. The first kappa shape index (κ1) is 19.9. The van der Waals surface area contributed by atoms with Gasteiger partial charge in [-0.25, -0.2) is 4.79 Å². The number of amides is 1. The Labute approximate surface area is 153 Å². The molecule has 0 aromatic carbocycles. The van der Waals surface area contributed by atoms with E-state index in [-0.39, 0.29) is 6.09 Å². The molecule has 1 saturated heterocycles. The topological polar surface area (TPSA) is 57.2 Å². The maximum Gasteiger partial charge on any atom is 0.410 e. The van der Waals surface area contributed by atoms with E-state index in [2.05, 4.69) is 22.1 Å². The van der Waals surface area contributed by atoms with Crippen molar-refractivity contribution in [3.63, 3.8) is 0 Å². The van der Waals surface area contributed by atoms with Crippen molar-refractivity contribution in [2.45, 2.75) is 65.5 Å². The minimum Gasteiger partial charge on any atom is -0.444 e. The number of aliphatic imine (C=N–C) groups is 1. The highest BCUT2D eigenvalue weighted by Crippen LogP contribution is 2.29. The van der Waals surface area contributed by atoms with Crippen LogP contribution in [-0.2, 0) is 4.74 Å². The Morgan fingerprint density at radius 2 is 1.92 bits per heavy atom. The average Bonchev–Trinajstić information content (AvgIpc) is 3.24. The van der Waals surface area contributed by atoms with E-state index in [9.17, 15) is 4.79 Å². The van der Waals surface area contributed by atoms with Crippen molar-refractivity contribution in [1.82, 2.24) is 15.1 Å². The molecule has 0 aromatic heterocycles. The molecule has 2 unspecified atom stereocenters. The third kappa shape index (κ3) is 6.08. The molecule has 2 rings (SSSR count). The van der Waals surface area contributed by atoms with Crippen LogP contribution in [0, 0.1) is 11.8 Å². The molecule has 0 aromatic rings. The molecule has 1 N–H and O–H groups in total. The molecular weight excluding hydrogens is 316 g/mol. The number of carbonyl (C=O) groups excluding carboxylic acids is 1. The molecule has 1 heterocycles. The molecule has 2 atom stereocenters. The highest BCUT2D eigenvalue weighted by Gasteiger charge is 2.35. The Kier molecular flexibility index (Phi) is 6.58. The molecule has 1 saturated carbocycles. The van der Waals surface area contributed by atoms with Crippen molar-refractivity contribution in [1.29, 1.82) is 0 Å². The van der Waals surface area contributed by atoms with Crippen LogP contribution in [-0.4, -0.2) is 66.7 Å². The normalized spacial score (nSPS) is 24.9. The minimum atomic E-state index is -0.439. The van der Waals surface area contributed by atoms with Gasteiger partial charge in [-0.3, -0.25) is 4.99 Å². The summed E-state index contributed by atoms with van der Waals surface area (Å²) >= 11 is 0. The summed E-state index contributed by atoms with van der Waals surface area (Å²) in [6.45, 7) is 13.5. The Bertz CT molecular complexity index is 478. The molecule has 0 radical (unpaired) electrons. The van der Waals surface area contributed by atoms with Gasteiger partial charge in [0.05, 0.1) is 0 Å². The van der Waals surface area contributed by atoms with Crippen molar-refractivity contribution in [2.24, 2.45) is 16.8 Å². The van der Waals surface area contributed by atoms with Gasteiger partial charge in [0.2, 0.25) is 0 Å². The summed E-state index contributed by atoms with van der Waals surface area (Å²) < 4.78 is 5.52. The average molecular weight is 353 g/mol. The molecule has 2 aliphatic rings. The van der Waals surface area contributed by atoms with E-state index in [1.807, 2.05) is 39.6 Å². The number of hydrogen-bond donors (Lipinski definition) is 1. The quantitative estimate of drug-likeness (QED) is 0.624. The minimum absolute atomic E-state index is 0.197. The van der Waals surface area contributed by atoms with Crippen LogP contribution in [0.2, 0.25) is 0 Å². The number of nitrogens with zero attached hydrogens (tertiary/aromatic N) is 3. The zero-order valence-corrected chi connectivity index (χ0v) is 16.8. The zero-order valence-electron chi connectivity index (χ0n) is 16.8. The molecule has 144 valence electrons. The number of likely N-dealkylation sites (tertiary alicyclic amines) is 1. The lowest BCUT2D eigenvalue weighted by Gasteiger charge is -2.36. The number of hydrogen-bond acceptors (Lipinski definition) is 3. The molecule has 1 amide bonds. The van der Waals surface area contributed by atoms with Gasteiger partial charge in [-0.1, -0.05) is 6.92 Å². The Hall–Kier alpha value is -1.46. The van der Waals surface area contributed by atoms with Gasteiger partial charge in [0.25, 0.3) is 0 Å². The van der Waals surface area contributed by atoms with Gasteiger partial charge in [-0.05, 0) is 58.8 Å². The molecule has 6 nitrogen and oxygen atoms in total. The maximum atomic E-state index is 12.3. The maximum absolute atomic E-state index is 12.3. The van der Waals surface area contributed by atoms with E-state index in [4.69, 9.17) is 4.74 Å². The predicted octanol–water partition coefficient (Wildman–Crippen LogP) is 2.94. The fourth-order valence-electron chi connectivity index (χ4n) is 3.28. The standard InChI is InChI=1S/C19H36N4O2/c1-7-22(18(24)25-19(3,4)5)13-15-8-10-23(11-9-15)17(20-6)21-16-12-14(16)2/h14-16H,7-13H2,1-6H3,(H,20,21). The number of carbonyl (C=O) groups is 1. The van der Waals surface area contributed by atoms with Crippen molar-refractivity contribution in [3.05, 3.63) is 0 Å². The van der Waals surface area contributed by atoms with Crippen LogP contribution < -0.4 is 5.32 Å². The predicted molar refractivity (Wildman–Crippen MR) is 102 cm³/mol. The van der Waals surface area contributed by atoms with E-state index < -0.39 is 5.60 Å². The summed E-state index contributed by atoms with van der Waals surface area (Å²) in [6.07, 6.45) is 3.22. The first-order valence-corrected chi connectivity index (χ1v) is 9.69. The van der Waals surface area contributed by atoms with E-state index in [0.29, 0.717) is 18.5 Å². The van der Waals surface area contributed by atoms with Gasteiger partial charge >= 0.3 is 6.09 Å². The summed E-state index contributed by atoms with van der Waals surface area (Å²) in [7, 11) is 1.86. The smallest absolute Gasteiger partial charge is 0.410 e.